The van der Waals surface area contributed by atoms with Crippen LogP contribution in [0.25, 0.3) is 10.9 Å². The van der Waals surface area contributed by atoms with Crippen LogP contribution >= 0.6 is 0 Å². The monoisotopic (exact) mass is 322 g/mol. The lowest BCUT2D eigenvalue weighted by atomic mass is 10.1. The molecule has 24 heavy (non-hydrogen) atoms. The molecule has 0 aliphatic carbocycles. The molecule has 4 heteroatoms. The van der Waals surface area contributed by atoms with E-state index in [4.69, 9.17) is 4.74 Å². The minimum atomic E-state index is -0.00438. The molecule has 0 unspecified atom stereocenters. The van der Waals surface area contributed by atoms with Crippen molar-refractivity contribution in [1.29, 1.82) is 0 Å². The maximum Gasteiger partial charge on any atom is 0.223 e. The van der Waals surface area contributed by atoms with Gasteiger partial charge in [-0.3, -0.25) is 4.79 Å². The van der Waals surface area contributed by atoms with Crippen molar-refractivity contribution in [1.82, 2.24) is 9.88 Å². The van der Waals surface area contributed by atoms with Gasteiger partial charge in [0.1, 0.15) is 5.75 Å². The third kappa shape index (κ3) is 3.77. The van der Waals surface area contributed by atoms with E-state index in [1.807, 2.05) is 30.3 Å². The summed E-state index contributed by atoms with van der Waals surface area (Å²) in [7, 11) is 2.06. The van der Waals surface area contributed by atoms with E-state index in [0.29, 0.717) is 19.6 Å². The first-order chi connectivity index (χ1) is 11.6. The Morgan fingerprint density at radius 2 is 1.92 bits per heavy atom. The van der Waals surface area contributed by atoms with Gasteiger partial charge >= 0.3 is 0 Å². The summed E-state index contributed by atoms with van der Waals surface area (Å²) >= 11 is 0. The van der Waals surface area contributed by atoms with E-state index in [1.54, 1.807) is 0 Å². The summed E-state index contributed by atoms with van der Waals surface area (Å²) in [5.74, 6) is 0.783. The molecule has 0 radical (unpaired) electrons. The average molecular weight is 322 g/mol. The van der Waals surface area contributed by atoms with E-state index in [1.165, 1.54) is 16.6 Å². The van der Waals surface area contributed by atoms with Crippen LogP contribution in [0.15, 0.2) is 54.6 Å². The highest BCUT2D eigenvalue weighted by atomic mass is 16.5. The Labute approximate surface area is 142 Å². The second-order valence-corrected chi connectivity index (χ2v) is 5.93. The molecule has 0 aliphatic heterocycles. The quantitative estimate of drug-likeness (QED) is 0.754. The van der Waals surface area contributed by atoms with Gasteiger partial charge in [-0.2, -0.15) is 0 Å². The molecule has 0 atom stereocenters. The number of rotatable bonds is 6. The van der Waals surface area contributed by atoms with Crippen LogP contribution < -0.4 is 10.1 Å². The van der Waals surface area contributed by atoms with E-state index in [0.717, 1.165) is 11.3 Å². The SMILES string of the molecule is Cc1cc2cc(CNC(=O)CCOc3ccccc3)ccc2n1C. The van der Waals surface area contributed by atoms with Crippen molar-refractivity contribution in [3.05, 3.63) is 65.9 Å². The van der Waals surface area contributed by atoms with Crippen molar-refractivity contribution in [3.63, 3.8) is 0 Å². The van der Waals surface area contributed by atoms with Gasteiger partial charge in [-0.1, -0.05) is 24.3 Å². The first-order valence-electron chi connectivity index (χ1n) is 8.13. The minimum absolute atomic E-state index is 0.00438. The van der Waals surface area contributed by atoms with Gasteiger partial charge in [0.2, 0.25) is 5.91 Å². The van der Waals surface area contributed by atoms with E-state index in [2.05, 4.69) is 48.1 Å². The summed E-state index contributed by atoms with van der Waals surface area (Å²) in [6.45, 7) is 3.01. The van der Waals surface area contributed by atoms with Crippen LogP contribution in [0, 0.1) is 6.92 Å². The molecule has 124 valence electrons. The molecule has 1 heterocycles. The smallest absolute Gasteiger partial charge is 0.223 e. The molecule has 1 N–H and O–H groups in total. The molecule has 3 aromatic rings. The second-order valence-electron chi connectivity index (χ2n) is 5.93. The lowest BCUT2D eigenvalue weighted by molar-refractivity contribution is -0.121. The van der Waals surface area contributed by atoms with Gasteiger partial charge in [0, 0.05) is 30.2 Å². The number of aryl methyl sites for hydroxylation is 2. The van der Waals surface area contributed by atoms with Crippen molar-refractivity contribution in [3.8, 4) is 5.75 Å². The third-order valence-corrected chi connectivity index (χ3v) is 4.18. The summed E-state index contributed by atoms with van der Waals surface area (Å²) in [5.41, 5.74) is 3.54. The van der Waals surface area contributed by atoms with Crippen LogP contribution in [0.3, 0.4) is 0 Å². The second kappa shape index (κ2) is 7.21. The van der Waals surface area contributed by atoms with Gasteiger partial charge in [0.25, 0.3) is 0 Å². The fourth-order valence-electron chi connectivity index (χ4n) is 2.71. The molecule has 1 amide bonds. The Kier molecular flexibility index (Phi) is 4.85. The standard InChI is InChI=1S/C20H22N2O2/c1-15-12-17-13-16(8-9-19(17)22(15)2)14-21-20(23)10-11-24-18-6-4-3-5-7-18/h3-9,12-13H,10-11,14H2,1-2H3,(H,21,23). The average Bonchev–Trinajstić information content (AvgIpc) is 2.88. The number of ether oxygens (including phenoxy) is 1. The molecular weight excluding hydrogens is 300 g/mol. The normalized spacial score (nSPS) is 10.8. The predicted octanol–water partition coefficient (Wildman–Crippen LogP) is 3.57. The first-order valence-corrected chi connectivity index (χ1v) is 8.13. The molecule has 0 aliphatic rings. The van der Waals surface area contributed by atoms with E-state index in [-0.39, 0.29) is 5.91 Å². The lowest BCUT2D eigenvalue weighted by Crippen LogP contribution is -2.24. The Morgan fingerprint density at radius 1 is 1.12 bits per heavy atom. The third-order valence-electron chi connectivity index (χ3n) is 4.18. The first kappa shape index (κ1) is 16.1. The number of nitrogens with zero attached hydrogens (tertiary/aromatic N) is 1. The summed E-state index contributed by atoms with van der Waals surface area (Å²) in [5, 5.41) is 4.15. The highest BCUT2D eigenvalue weighted by molar-refractivity contribution is 5.82. The highest BCUT2D eigenvalue weighted by Gasteiger charge is 2.05. The molecule has 2 aromatic carbocycles. The number of para-hydroxylation sites is 1. The summed E-state index contributed by atoms with van der Waals surface area (Å²) in [4.78, 5) is 11.9. The van der Waals surface area contributed by atoms with Crippen molar-refractivity contribution in [2.75, 3.05) is 6.61 Å². The van der Waals surface area contributed by atoms with Gasteiger partial charge < -0.3 is 14.6 Å². The zero-order valence-corrected chi connectivity index (χ0v) is 14.1. The minimum Gasteiger partial charge on any atom is -0.493 e. The van der Waals surface area contributed by atoms with Gasteiger partial charge in [-0.25, -0.2) is 0 Å². The van der Waals surface area contributed by atoms with E-state index >= 15 is 0 Å². The maximum absolute atomic E-state index is 11.9. The van der Waals surface area contributed by atoms with Gasteiger partial charge in [-0.05, 0) is 42.8 Å². The number of amides is 1. The maximum atomic E-state index is 11.9. The Bertz CT molecular complexity index is 837. The number of carbonyl (C=O) groups excluding carboxylic acids is 1. The van der Waals surface area contributed by atoms with Crippen molar-refractivity contribution in [2.45, 2.75) is 19.9 Å². The van der Waals surface area contributed by atoms with Crippen molar-refractivity contribution >= 4 is 16.8 Å². The Balaban J connectivity index is 1.49. The zero-order chi connectivity index (χ0) is 16.9. The van der Waals surface area contributed by atoms with Crippen LogP contribution in [0.2, 0.25) is 0 Å². The molecule has 0 fully saturated rings. The molecule has 3 rings (SSSR count). The molecule has 0 saturated carbocycles. The zero-order valence-electron chi connectivity index (χ0n) is 14.1. The van der Waals surface area contributed by atoms with Crippen molar-refractivity contribution < 1.29 is 9.53 Å². The fourth-order valence-corrected chi connectivity index (χ4v) is 2.71. The molecular formula is C20H22N2O2. The number of fused-ring (bicyclic) bond motifs is 1. The number of hydrogen-bond donors (Lipinski definition) is 1. The molecule has 0 spiro atoms. The number of benzene rings is 2. The van der Waals surface area contributed by atoms with Crippen LogP contribution in [0.1, 0.15) is 17.7 Å². The van der Waals surface area contributed by atoms with Gasteiger partial charge in [0.15, 0.2) is 0 Å². The van der Waals surface area contributed by atoms with Crippen LogP contribution in [0.5, 0.6) is 5.75 Å². The van der Waals surface area contributed by atoms with Crippen LogP contribution in [-0.4, -0.2) is 17.1 Å². The van der Waals surface area contributed by atoms with Crippen LogP contribution in [-0.2, 0) is 18.4 Å². The van der Waals surface area contributed by atoms with E-state index in [9.17, 15) is 4.79 Å². The van der Waals surface area contributed by atoms with Gasteiger partial charge in [-0.15, -0.1) is 0 Å². The molecule has 0 saturated heterocycles. The molecule has 1 aromatic heterocycles. The summed E-state index contributed by atoms with van der Waals surface area (Å²) in [6.07, 6.45) is 0.349. The summed E-state index contributed by atoms with van der Waals surface area (Å²) < 4.78 is 7.70. The summed E-state index contributed by atoms with van der Waals surface area (Å²) in [6, 6.07) is 18.0. The Morgan fingerprint density at radius 3 is 2.71 bits per heavy atom. The largest absolute Gasteiger partial charge is 0.493 e. The Hall–Kier alpha value is -2.75. The molecule has 4 nitrogen and oxygen atoms in total. The topological polar surface area (TPSA) is 43.3 Å². The number of aromatic nitrogens is 1. The highest BCUT2D eigenvalue weighted by Crippen LogP contribution is 2.19. The molecule has 0 bridgehead atoms. The predicted molar refractivity (Wildman–Crippen MR) is 96.1 cm³/mol. The van der Waals surface area contributed by atoms with Gasteiger partial charge in [0.05, 0.1) is 13.0 Å². The number of hydrogen-bond acceptors (Lipinski definition) is 2. The number of carbonyl (C=O) groups is 1. The van der Waals surface area contributed by atoms with Crippen LogP contribution in [0.4, 0.5) is 0 Å². The van der Waals surface area contributed by atoms with Crippen molar-refractivity contribution in [2.24, 2.45) is 7.05 Å². The lowest BCUT2D eigenvalue weighted by Gasteiger charge is -2.08. The fraction of sp³-hybridized carbons (Fsp3) is 0.250. The van der Waals surface area contributed by atoms with E-state index < -0.39 is 0 Å². The number of nitrogens with one attached hydrogen (secondary N) is 1.